The summed E-state index contributed by atoms with van der Waals surface area (Å²) in [7, 11) is 1.69. The standard InChI is InChI=1S/C23H34N4O4/c1-31-21-8-3-2-7-18(21)25-11-13-26(14-12-25)19(15-24-17-5-4-6-17)20(28)16-27-22(29)9-10-23(27)30/h2-3,7-8,17,19-20,24,28H,4-6,9-16H2,1H3. The molecule has 31 heavy (non-hydrogen) atoms. The fourth-order valence-corrected chi connectivity index (χ4v) is 4.73. The Labute approximate surface area is 184 Å². The first-order chi connectivity index (χ1) is 15.1. The molecule has 2 aliphatic heterocycles. The number of ether oxygens (including phenoxy) is 1. The molecule has 2 amide bonds. The summed E-state index contributed by atoms with van der Waals surface area (Å²) in [4.78, 5) is 29.9. The number of carbonyl (C=O) groups is 2. The minimum absolute atomic E-state index is 0.0847. The van der Waals surface area contributed by atoms with Crippen LogP contribution in [-0.4, -0.2) is 91.3 Å². The van der Waals surface area contributed by atoms with E-state index in [2.05, 4.69) is 21.2 Å². The van der Waals surface area contributed by atoms with Crippen LogP contribution in [0.3, 0.4) is 0 Å². The zero-order valence-electron chi connectivity index (χ0n) is 18.3. The second-order valence-electron chi connectivity index (χ2n) is 8.76. The van der Waals surface area contributed by atoms with E-state index in [4.69, 9.17) is 4.74 Å². The van der Waals surface area contributed by atoms with Crippen molar-refractivity contribution in [1.82, 2.24) is 15.1 Å². The van der Waals surface area contributed by atoms with Gasteiger partial charge in [0.1, 0.15) is 5.75 Å². The van der Waals surface area contributed by atoms with Crippen LogP contribution in [0.2, 0.25) is 0 Å². The van der Waals surface area contributed by atoms with E-state index in [0.29, 0.717) is 12.6 Å². The summed E-state index contributed by atoms with van der Waals surface area (Å²) in [6.45, 7) is 4.00. The highest BCUT2D eigenvalue weighted by Crippen LogP contribution is 2.29. The highest BCUT2D eigenvalue weighted by atomic mass is 16.5. The summed E-state index contributed by atoms with van der Waals surface area (Å²) >= 11 is 0. The number of piperazine rings is 1. The molecule has 1 aliphatic carbocycles. The summed E-state index contributed by atoms with van der Waals surface area (Å²) in [5, 5.41) is 14.6. The quantitative estimate of drug-likeness (QED) is 0.562. The van der Waals surface area contributed by atoms with Crippen molar-refractivity contribution in [3.63, 3.8) is 0 Å². The van der Waals surface area contributed by atoms with Crippen LogP contribution in [0.25, 0.3) is 0 Å². The molecule has 2 saturated heterocycles. The second kappa shape index (κ2) is 9.97. The van der Waals surface area contributed by atoms with E-state index in [1.54, 1.807) is 7.11 Å². The fourth-order valence-electron chi connectivity index (χ4n) is 4.73. The van der Waals surface area contributed by atoms with Gasteiger partial charge in [0.2, 0.25) is 11.8 Å². The molecule has 1 aromatic carbocycles. The minimum Gasteiger partial charge on any atom is -0.495 e. The number of hydrogen-bond acceptors (Lipinski definition) is 7. The van der Waals surface area contributed by atoms with Gasteiger partial charge >= 0.3 is 0 Å². The summed E-state index contributed by atoms with van der Waals surface area (Å²) in [6, 6.07) is 8.41. The van der Waals surface area contributed by atoms with Gasteiger partial charge in [-0.2, -0.15) is 0 Å². The Balaban J connectivity index is 1.40. The largest absolute Gasteiger partial charge is 0.495 e. The second-order valence-corrected chi connectivity index (χ2v) is 8.76. The number of methoxy groups -OCH3 is 1. The lowest BCUT2D eigenvalue weighted by Crippen LogP contribution is -2.59. The van der Waals surface area contributed by atoms with Crippen LogP contribution in [0.5, 0.6) is 5.75 Å². The Morgan fingerprint density at radius 3 is 2.39 bits per heavy atom. The van der Waals surface area contributed by atoms with Gasteiger partial charge in [-0.1, -0.05) is 18.6 Å². The molecule has 0 radical (unpaired) electrons. The molecule has 2 unspecified atom stereocenters. The molecular weight excluding hydrogens is 396 g/mol. The topological polar surface area (TPSA) is 85.3 Å². The van der Waals surface area contributed by atoms with E-state index < -0.39 is 6.10 Å². The maximum absolute atomic E-state index is 12.0. The molecule has 0 spiro atoms. The molecule has 1 saturated carbocycles. The normalized spacial score (nSPS) is 22.5. The van der Waals surface area contributed by atoms with Crippen molar-refractivity contribution in [2.45, 2.75) is 50.3 Å². The van der Waals surface area contributed by atoms with E-state index in [1.165, 1.54) is 24.2 Å². The molecule has 170 valence electrons. The van der Waals surface area contributed by atoms with E-state index in [0.717, 1.165) is 37.6 Å². The summed E-state index contributed by atoms with van der Waals surface area (Å²) in [5.41, 5.74) is 1.09. The number of rotatable bonds is 9. The van der Waals surface area contributed by atoms with Crippen molar-refractivity contribution in [1.29, 1.82) is 0 Å². The number of benzene rings is 1. The lowest BCUT2D eigenvalue weighted by molar-refractivity contribution is -0.140. The molecule has 0 aromatic heterocycles. The first-order valence-corrected chi connectivity index (χ1v) is 11.4. The Morgan fingerprint density at radius 2 is 1.77 bits per heavy atom. The highest BCUT2D eigenvalue weighted by molar-refractivity contribution is 6.01. The van der Waals surface area contributed by atoms with E-state index in [1.807, 2.05) is 18.2 Å². The summed E-state index contributed by atoms with van der Waals surface area (Å²) in [5.74, 6) is 0.525. The Bertz CT molecular complexity index is 761. The van der Waals surface area contributed by atoms with Crippen LogP contribution in [0, 0.1) is 0 Å². The number of nitrogens with zero attached hydrogens (tertiary/aromatic N) is 3. The maximum atomic E-state index is 12.0. The molecule has 0 bridgehead atoms. The minimum atomic E-state index is -0.767. The molecular formula is C23H34N4O4. The van der Waals surface area contributed by atoms with Gasteiger partial charge in [-0.15, -0.1) is 0 Å². The number of amides is 2. The van der Waals surface area contributed by atoms with Gasteiger partial charge in [0.15, 0.2) is 0 Å². The number of para-hydroxylation sites is 2. The number of β-amino-alcohol motifs (C(OH)–C–C–N with tert-alkyl or cyclic N) is 1. The van der Waals surface area contributed by atoms with E-state index in [-0.39, 0.29) is 37.2 Å². The van der Waals surface area contributed by atoms with E-state index in [9.17, 15) is 14.7 Å². The van der Waals surface area contributed by atoms with Crippen LogP contribution >= 0.6 is 0 Å². The third-order valence-corrected chi connectivity index (χ3v) is 6.90. The monoisotopic (exact) mass is 430 g/mol. The van der Waals surface area contributed by atoms with Gasteiger partial charge in [-0.05, 0) is 25.0 Å². The molecule has 3 aliphatic rings. The van der Waals surface area contributed by atoms with Crippen molar-refractivity contribution in [2.75, 3.05) is 51.3 Å². The number of aliphatic hydroxyl groups is 1. The van der Waals surface area contributed by atoms with Crippen molar-refractivity contribution in [3.8, 4) is 5.75 Å². The average molecular weight is 431 g/mol. The molecule has 2 heterocycles. The molecule has 8 heteroatoms. The fraction of sp³-hybridized carbons (Fsp3) is 0.652. The number of imide groups is 1. The number of nitrogens with one attached hydrogen (secondary N) is 1. The van der Waals surface area contributed by atoms with Crippen molar-refractivity contribution in [2.24, 2.45) is 0 Å². The average Bonchev–Trinajstić information content (AvgIpc) is 3.07. The van der Waals surface area contributed by atoms with Gasteiger partial charge in [0, 0.05) is 57.6 Å². The molecule has 2 N–H and O–H groups in total. The molecule has 1 aromatic rings. The maximum Gasteiger partial charge on any atom is 0.229 e. The lowest BCUT2D eigenvalue weighted by Gasteiger charge is -2.43. The van der Waals surface area contributed by atoms with Gasteiger partial charge in [0.05, 0.1) is 25.4 Å². The van der Waals surface area contributed by atoms with Crippen LogP contribution in [-0.2, 0) is 9.59 Å². The predicted molar refractivity (Wildman–Crippen MR) is 118 cm³/mol. The first-order valence-electron chi connectivity index (χ1n) is 11.4. The molecule has 4 rings (SSSR count). The number of likely N-dealkylation sites (tertiary alicyclic amines) is 1. The molecule has 8 nitrogen and oxygen atoms in total. The van der Waals surface area contributed by atoms with Crippen LogP contribution in [0.4, 0.5) is 5.69 Å². The van der Waals surface area contributed by atoms with Gasteiger partial charge in [-0.3, -0.25) is 19.4 Å². The van der Waals surface area contributed by atoms with Gasteiger partial charge < -0.3 is 20.1 Å². The third kappa shape index (κ3) is 5.02. The molecule has 3 fully saturated rings. The lowest BCUT2D eigenvalue weighted by atomic mass is 9.92. The number of anilines is 1. The first kappa shape index (κ1) is 22.0. The number of hydrogen-bond donors (Lipinski definition) is 2. The van der Waals surface area contributed by atoms with Crippen molar-refractivity contribution >= 4 is 17.5 Å². The van der Waals surface area contributed by atoms with Crippen LogP contribution in [0.15, 0.2) is 24.3 Å². The Hall–Kier alpha value is -2.16. The smallest absolute Gasteiger partial charge is 0.229 e. The molecule has 2 atom stereocenters. The Morgan fingerprint density at radius 1 is 1.10 bits per heavy atom. The van der Waals surface area contributed by atoms with Gasteiger partial charge in [-0.25, -0.2) is 0 Å². The Kier molecular flexibility index (Phi) is 7.09. The van der Waals surface area contributed by atoms with Crippen molar-refractivity contribution in [3.05, 3.63) is 24.3 Å². The third-order valence-electron chi connectivity index (χ3n) is 6.90. The number of aliphatic hydroxyl groups excluding tert-OH is 1. The number of carbonyl (C=O) groups excluding carboxylic acids is 2. The SMILES string of the molecule is COc1ccccc1N1CCN(C(CNC2CCC2)C(O)CN2C(=O)CCC2=O)CC1. The predicted octanol–water partition coefficient (Wildman–Crippen LogP) is 0.838. The van der Waals surface area contributed by atoms with E-state index >= 15 is 0 Å². The van der Waals surface area contributed by atoms with Crippen LogP contribution < -0.4 is 15.0 Å². The van der Waals surface area contributed by atoms with Crippen LogP contribution in [0.1, 0.15) is 32.1 Å². The summed E-state index contributed by atoms with van der Waals surface area (Å²) in [6.07, 6.45) is 3.35. The highest BCUT2D eigenvalue weighted by Gasteiger charge is 2.36. The van der Waals surface area contributed by atoms with Gasteiger partial charge in [0.25, 0.3) is 0 Å². The zero-order valence-corrected chi connectivity index (χ0v) is 18.3. The zero-order chi connectivity index (χ0) is 21.8. The van der Waals surface area contributed by atoms with Crippen molar-refractivity contribution < 1.29 is 19.4 Å². The summed E-state index contributed by atoms with van der Waals surface area (Å²) < 4.78 is 5.51.